The van der Waals surface area contributed by atoms with Gasteiger partial charge in [0.25, 0.3) is 0 Å². The van der Waals surface area contributed by atoms with Gasteiger partial charge in [0.1, 0.15) is 23.9 Å². The van der Waals surface area contributed by atoms with E-state index in [0.717, 1.165) is 24.8 Å². The molecule has 1 heterocycles. The number of amides is 3. The van der Waals surface area contributed by atoms with Crippen molar-refractivity contribution in [3.63, 3.8) is 0 Å². The molecule has 0 bridgehead atoms. The van der Waals surface area contributed by atoms with Crippen LogP contribution in [-0.4, -0.2) is 46.8 Å². The Hall–Kier alpha value is -4.66. The largest absolute Gasteiger partial charge is 0.497 e. The highest BCUT2D eigenvalue weighted by Crippen LogP contribution is 2.25. The first-order valence-electron chi connectivity index (χ1n) is 12.9. The maximum absolute atomic E-state index is 13.6. The number of urea groups is 1. The van der Waals surface area contributed by atoms with Gasteiger partial charge in [-0.3, -0.25) is 4.79 Å². The molecule has 3 aromatic carbocycles. The number of halogens is 1. The second-order valence-electron chi connectivity index (χ2n) is 9.00. The normalized spacial score (nSPS) is 10.6. The van der Waals surface area contributed by atoms with Crippen molar-refractivity contribution >= 4 is 23.4 Å². The third-order valence-electron chi connectivity index (χ3n) is 6.11. The zero-order valence-corrected chi connectivity index (χ0v) is 22.1. The molecular formula is C30H32FN5O3. The number of hydrogen-bond acceptors (Lipinski definition) is 4. The number of nitrogens with zero attached hydrogens (tertiary/aromatic N) is 3. The fourth-order valence-electron chi connectivity index (χ4n) is 4.04. The van der Waals surface area contributed by atoms with Gasteiger partial charge in [-0.15, -0.1) is 0 Å². The van der Waals surface area contributed by atoms with Crippen LogP contribution < -0.4 is 15.4 Å². The van der Waals surface area contributed by atoms with E-state index < -0.39 is 0 Å². The average molecular weight is 530 g/mol. The van der Waals surface area contributed by atoms with Crippen LogP contribution in [0.25, 0.3) is 16.9 Å². The Kier molecular flexibility index (Phi) is 9.29. The molecule has 2 N–H and O–H groups in total. The van der Waals surface area contributed by atoms with Crippen LogP contribution in [0.2, 0.25) is 0 Å². The summed E-state index contributed by atoms with van der Waals surface area (Å²) in [5, 5.41) is 10.4. The minimum absolute atomic E-state index is 0.152. The van der Waals surface area contributed by atoms with Crippen molar-refractivity contribution in [3.05, 3.63) is 90.7 Å². The van der Waals surface area contributed by atoms with E-state index in [1.165, 1.54) is 17.0 Å². The Morgan fingerprint density at radius 3 is 2.33 bits per heavy atom. The van der Waals surface area contributed by atoms with E-state index in [1.807, 2.05) is 30.3 Å². The van der Waals surface area contributed by atoms with Crippen molar-refractivity contribution in [2.45, 2.75) is 26.2 Å². The van der Waals surface area contributed by atoms with E-state index in [0.29, 0.717) is 35.2 Å². The molecule has 8 nitrogen and oxygen atoms in total. The van der Waals surface area contributed by atoms with Crippen LogP contribution in [0.3, 0.4) is 0 Å². The van der Waals surface area contributed by atoms with Crippen molar-refractivity contribution in [2.75, 3.05) is 30.8 Å². The zero-order chi connectivity index (χ0) is 27.6. The van der Waals surface area contributed by atoms with Crippen LogP contribution in [0.5, 0.6) is 5.75 Å². The topological polar surface area (TPSA) is 88.5 Å². The predicted molar refractivity (Wildman–Crippen MR) is 151 cm³/mol. The van der Waals surface area contributed by atoms with Gasteiger partial charge in [-0.05, 0) is 55.0 Å². The molecule has 0 aliphatic carbocycles. The molecule has 0 fully saturated rings. The lowest BCUT2D eigenvalue weighted by atomic mass is 10.1. The molecular weight excluding hydrogens is 497 g/mol. The van der Waals surface area contributed by atoms with Crippen LogP contribution >= 0.6 is 0 Å². The first-order chi connectivity index (χ1) is 19.0. The van der Waals surface area contributed by atoms with Crippen molar-refractivity contribution < 1.29 is 18.7 Å². The van der Waals surface area contributed by atoms with Gasteiger partial charge in [-0.1, -0.05) is 50.1 Å². The maximum atomic E-state index is 13.6. The molecule has 202 valence electrons. The van der Waals surface area contributed by atoms with Crippen molar-refractivity contribution in [2.24, 2.45) is 0 Å². The second-order valence-corrected chi connectivity index (χ2v) is 9.00. The molecule has 0 unspecified atom stereocenters. The van der Waals surface area contributed by atoms with Gasteiger partial charge in [0, 0.05) is 23.9 Å². The number of carbonyl (C=O) groups is 2. The standard InChI is InChI=1S/C30H32FN5O3/c1-3-4-8-19-35(30(38)32-24-13-17-26(39-2)18-14-24)21-29(37)33-28-20-27(22-9-6-5-7-10-22)34-36(28)25-15-11-23(31)12-16-25/h5-7,9-18,20H,3-4,8,19,21H2,1-2H3,(H,32,38)(H,33,37). The van der Waals surface area contributed by atoms with Crippen LogP contribution in [0.1, 0.15) is 26.2 Å². The van der Waals surface area contributed by atoms with Crippen molar-refractivity contribution in [1.82, 2.24) is 14.7 Å². The number of benzene rings is 3. The molecule has 0 radical (unpaired) electrons. The minimum atomic E-state index is -0.376. The van der Waals surface area contributed by atoms with Gasteiger partial charge in [-0.25, -0.2) is 13.9 Å². The Bertz CT molecular complexity index is 1370. The van der Waals surface area contributed by atoms with Gasteiger partial charge < -0.3 is 20.3 Å². The summed E-state index contributed by atoms with van der Waals surface area (Å²) in [6.45, 7) is 2.35. The van der Waals surface area contributed by atoms with Crippen molar-refractivity contribution in [1.29, 1.82) is 0 Å². The van der Waals surface area contributed by atoms with Gasteiger partial charge >= 0.3 is 6.03 Å². The first kappa shape index (κ1) is 27.4. The van der Waals surface area contributed by atoms with E-state index in [4.69, 9.17) is 4.74 Å². The SMILES string of the molecule is CCCCCN(CC(=O)Nc1cc(-c2ccccc2)nn1-c1ccc(F)cc1)C(=O)Nc1ccc(OC)cc1. The quantitative estimate of drug-likeness (QED) is 0.222. The van der Waals surface area contributed by atoms with Crippen LogP contribution in [0.4, 0.5) is 20.7 Å². The van der Waals surface area contributed by atoms with Gasteiger partial charge in [0.2, 0.25) is 5.91 Å². The average Bonchev–Trinajstić information content (AvgIpc) is 3.37. The first-order valence-corrected chi connectivity index (χ1v) is 12.9. The number of hydrogen-bond donors (Lipinski definition) is 2. The molecule has 39 heavy (non-hydrogen) atoms. The maximum Gasteiger partial charge on any atom is 0.322 e. The van der Waals surface area contributed by atoms with E-state index in [-0.39, 0.29) is 24.3 Å². The lowest BCUT2D eigenvalue weighted by molar-refractivity contribution is -0.116. The van der Waals surface area contributed by atoms with Gasteiger partial charge in [0.15, 0.2) is 0 Å². The molecule has 0 atom stereocenters. The van der Waals surface area contributed by atoms with Gasteiger partial charge in [0.05, 0.1) is 18.5 Å². The molecule has 0 spiro atoms. The highest BCUT2D eigenvalue weighted by molar-refractivity contribution is 5.97. The number of ether oxygens (including phenoxy) is 1. The smallest absolute Gasteiger partial charge is 0.322 e. The Morgan fingerprint density at radius 1 is 0.949 bits per heavy atom. The van der Waals surface area contributed by atoms with Crippen molar-refractivity contribution in [3.8, 4) is 22.7 Å². The van der Waals surface area contributed by atoms with E-state index in [2.05, 4.69) is 22.7 Å². The van der Waals surface area contributed by atoms with Crippen LogP contribution in [0, 0.1) is 5.82 Å². The fraction of sp³-hybridized carbons (Fsp3) is 0.233. The molecule has 3 amide bonds. The highest BCUT2D eigenvalue weighted by Gasteiger charge is 2.20. The summed E-state index contributed by atoms with van der Waals surface area (Å²) in [5.74, 6) is 0.346. The third-order valence-corrected chi connectivity index (χ3v) is 6.11. The monoisotopic (exact) mass is 529 g/mol. The van der Waals surface area contributed by atoms with Gasteiger partial charge in [-0.2, -0.15) is 5.10 Å². The number of carbonyl (C=O) groups excluding carboxylic acids is 2. The summed E-state index contributed by atoms with van der Waals surface area (Å²) in [6.07, 6.45) is 2.69. The molecule has 1 aromatic heterocycles. The molecule has 4 aromatic rings. The summed E-state index contributed by atoms with van der Waals surface area (Å²) < 4.78 is 20.3. The highest BCUT2D eigenvalue weighted by atomic mass is 19.1. The molecule has 9 heteroatoms. The van der Waals surface area contributed by atoms with Crippen LogP contribution in [-0.2, 0) is 4.79 Å². The predicted octanol–water partition coefficient (Wildman–Crippen LogP) is 6.35. The third kappa shape index (κ3) is 7.44. The molecule has 4 rings (SSSR count). The summed E-state index contributed by atoms with van der Waals surface area (Å²) in [5.41, 5.74) is 2.70. The summed E-state index contributed by atoms with van der Waals surface area (Å²) in [4.78, 5) is 27.8. The van der Waals surface area contributed by atoms with E-state index in [1.54, 1.807) is 54.3 Å². The number of unbranched alkanes of at least 4 members (excludes halogenated alkanes) is 2. The number of methoxy groups -OCH3 is 1. The van der Waals surface area contributed by atoms with E-state index in [9.17, 15) is 14.0 Å². The molecule has 0 aliphatic heterocycles. The Morgan fingerprint density at radius 2 is 1.67 bits per heavy atom. The number of anilines is 2. The number of aromatic nitrogens is 2. The lowest BCUT2D eigenvalue weighted by Gasteiger charge is -2.23. The summed E-state index contributed by atoms with van der Waals surface area (Å²) in [6, 6.07) is 23.8. The molecule has 0 saturated heterocycles. The zero-order valence-electron chi connectivity index (χ0n) is 22.1. The summed E-state index contributed by atoms with van der Waals surface area (Å²) >= 11 is 0. The molecule has 0 aliphatic rings. The van der Waals surface area contributed by atoms with Crippen LogP contribution in [0.15, 0.2) is 84.9 Å². The fourth-order valence-corrected chi connectivity index (χ4v) is 4.04. The number of rotatable bonds is 11. The number of nitrogens with one attached hydrogen (secondary N) is 2. The molecule has 0 saturated carbocycles. The Labute approximate surface area is 227 Å². The summed E-state index contributed by atoms with van der Waals surface area (Å²) in [7, 11) is 1.58. The van der Waals surface area contributed by atoms with E-state index >= 15 is 0 Å². The second kappa shape index (κ2) is 13.2. The minimum Gasteiger partial charge on any atom is -0.497 e. The Balaban J connectivity index is 1.53. The lowest BCUT2D eigenvalue weighted by Crippen LogP contribution is -2.41.